The van der Waals surface area contributed by atoms with E-state index < -0.39 is 0 Å². The largest absolute Gasteiger partial charge is 0.313 e. The van der Waals surface area contributed by atoms with Crippen LogP contribution in [0.15, 0.2) is 0 Å². The van der Waals surface area contributed by atoms with E-state index in [-0.39, 0.29) is 0 Å². The van der Waals surface area contributed by atoms with Gasteiger partial charge in [0, 0.05) is 25.2 Å². The van der Waals surface area contributed by atoms with Crippen molar-refractivity contribution in [3.63, 3.8) is 0 Å². The molecule has 2 fully saturated rings. The van der Waals surface area contributed by atoms with Crippen molar-refractivity contribution < 1.29 is 0 Å². The molecule has 0 atom stereocenters. The standard InChI is InChI=1S/C14H28N2/c1-3-7-13(8-4-1)15-11-12-16-14-9-5-2-6-10-14/h13-16H,1-12H2. The van der Waals surface area contributed by atoms with E-state index in [4.69, 9.17) is 0 Å². The van der Waals surface area contributed by atoms with Crippen LogP contribution in [0, 0.1) is 0 Å². The predicted octanol–water partition coefficient (Wildman–Crippen LogP) is 2.83. The molecule has 2 nitrogen and oxygen atoms in total. The molecule has 0 aromatic carbocycles. The van der Waals surface area contributed by atoms with Gasteiger partial charge in [-0.1, -0.05) is 38.5 Å². The molecule has 0 amide bonds. The summed E-state index contributed by atoms with van der Waals surface area (Å²) in [6.07, 6.45) is 14.3. The molecule has 0 radical (unpaired) electrons. The minimum atomic E-state index is 0.821. The van der Waals surface area contributed by atoms with Crippen molar-refractivity contribution >= 4 is 0 Å². The normalized spacial score (nSPS) is 24.8. The zero-order valence-electron chi connectivity index (χ0n) is 10.6. The zero-order chi connectivity index (χ0) is 11.1. The van der Waals surface area contributed by atoms with Crippen molar-refractivity contribution in [3.8, 4) is 0 Å². The van der Waals surface area contributed by atoms with Crippen LogP contribution in [0.4, 0.5) is 0 Å². The molecular weight excluding hydrogens is 196 g/mol. The Labute approximate surface area is 101 Å². The minimum Gasteiger partial charge on any atom is -0.313 e. The molecule has 2 aliphatic carbocycles. The summed E-state index contributed by atoms with van der Waals surface area (Å²) in [6, 6.07) is 1.64. The molecule has 2 saturated carbocycles. The molecule has 94 valence electrons. The second-order valence-corrected chi connectivity index (χ2v) is 5.58. The van der Waals surface area contributed by atoms with Crippen molar-refractivity contribution in [1.82, 2.24) is 10.6 Å². The van der Waals surface area contributed by atoms with Crippen LogP contribution in [0.2, 0.25) is 0 Å². The molecule has 2 rings (SSSR count). The van der Waals surface area contributed by atoms with Gasteiger partial charge >= 0.3 is 0 Å². The molecule has 0 spiro atoms. The summed E-state index contributed by atoms with van der Waals surface area (Å²) in [7, 11) is 0. The molecule has 0 heterocycles. The Morgan fingerprint density at radius 3 is 1.31 bits per heavy atom. The summed E-state index contributed by atoms with van der Waals surface area (Å²) in [4.78, 5) is 0. The highest BCUT2D eigenvalue weighted by Gasteiger charge is 2.13. The Morgan fingerprint density at radius 1 is 0.562 bits per heavy atom. The molecule has 0 aromatic heterocycles. The Kier molecular flexibility index (Phi) is 5.64. The van der Waals surface area contributed by atoms with Crippen molar-refractivity contribution in [1.29, 1.82) is 0 Å². The Bertz CT molecular complexity index is 150. The van der Waals surface area contributed by atoms with Gasteiger partial charge in [-0.2, -0.15) is 0 Å². The summed E-state index contributed by atoms with van der Waals surface area (Å²) in [5.74, 6) is 0. The second kappa shape index (κ2) is 7.29. The third-order valence-corrected chi connectivity index (χ3v) is 4.20. The third kappa shape index (κ3) is 4.42. The molecule has 0 unspecified atom stereocenters. The lowest BCUT2D eigenvalue weighted by Gasteiger charge is -2.25. The van der Waals surface area contributed by atoms with Gasteiger partial charge in [-0.05, 0) is 25.7 Å². The highest BCUT2D eigenvalue weighted by Crippen LogP contribution is 2.18. The fraction of sp³-hybridized carbons (Fsp3) is 1.00. The van der Waals surface area contributed by atoms with Crippen molar-refractivity contribution in [3.05, 3.63) is 0 Å². The van der Waals surface area contributed by atoms with Gasteiger partial charge in [0.2, 0.25) is 0 Å². The average molecular weight is 224 g/mol. The van der Waals surface area contributed by atoms with E-state index in [1.807, 2.05) is 0 Å². The topological polar surface area (TPSA) is 24.1 Å². The number of rotatable bonds is 5. The first-order chi connectivity index (χ1) is 7.95. The van der Waals surface area contributed by atoms with Crippen molar-refractivity contribution in [2.75, 3.05) is 13.1 Å². The molecule has 0 aliphatic heterocycles. The Hall–Kier alpha value is -0.0800. The lowest BCUT2D eigenvalue weighted by molar-refractivity contribution is 0.347. The molecular formula is C14H28N2. The Morgan fingerprint density at radius 2 is 0.938 bits per heavy atom. The summed E-state index contributed by atoms with van der Waals surface area (Å²) < 4.78 is 0. The van der Waals surface area contributed by atoms with E-state index in [1.165, 1.54) is 77.3 Å². The smallest absolute Gasteiger partial charge is 0.00794 e. The van der Waals surface area contributed by atoms with E-state index in [1.54, 1.807) is 0 Å². The van der Waals surface area contributed by atoms with E-state index >= 15 is 0 Å². The van der Waals surface area contributed by atoms with Gasteiger partial charge in [0.25, 0.3) is 0 Å². The van der Waals surface area contributed by atoms with Crippen LogP contribution in [-0.4, -0.2) is 25.2 Å². The first kappa shape index (κ1) is 12.4. The monoisotopic (exact) mass is 224 g/mol. The van der Waals surface area contributed by atoms with Gasteiger partial charge in [0.1, 0.15) is 0 Å². The molecule has 0 saturated heterocycles. The van der Waals surface area contributed by atoms with Gasteiger partial charge in [0.15, 0.2) is 0 Å². The summed E-state index contributed by atoms with van der Waals surface area (Å²) in [5, 5.41) is 7.40. The van der Waals surface area contributed by atoms with E-state index in [9.17, 15) is 0 Å². The summed E-state index contributed by atoms with van der Waals surface area (Å²) in [6.45, 7) is 2.34. The van der Waals surface area contributed by atoms with Crippen LogP contribution in [0.3, 0.4) is 0 Å². The van der Waals surface area contributed by atoms with Gasteiger partial charge in [-0.15, -0.1) is 0 Å². The van der Waals surface area contributed by atoms with Crippen molar-refractivity contribution in [2.24, 2.45) is 0 Å². The van der Waals surface area contributed by atoms with Crippen LogP contribution in [0.1, 0.15) is 64.2 Å². The van der Waals surface area contributed by atoms with E-state index in [2.05, 4.69) is 10.6 Å². The average Bonchev–Trinajstić information content (AvgIpc) is 2.37. The Balaban J connectivity index is 1.47. The fourth-order valence-electron chi connectivity index (χ4n) is 3.17. The highest BCUT2D eigenvalue weighted by molar-refractivity contribution is 4.74. The summed E-state index contributed by atoms with van der Waals surface area (Å²) >= 11 is 0. The highest BCUT2D eigenvalue weighted by atomic mass is 15.0. The zero-order valence-corrected chi connectivity index (χ0v) is 10.6. The number of hydrogen-bond donors (Lipinski definition) is 2. The van der Waals surface area contributed by atoms with E-state index in [0.717, 1.165) is 12.1 Å². The first-order valence-corrected chi connectivity index (χ1v) is 7.42. The maximum Gasteiger partial charge on any atom is 0.00794 e. The SMILES string of the molecule is C1CCC(NCCNC2CCCCC2)CC1. The van der Waals surface area contributed by atoms with Gasteiger partial charge in [-0.25, -0.2) is 0 Å². The first-order valence-electron chi connectivity index (χ1n) is 7.42. The molecule has 0 aromatic rings. The molecule has 2 aliphatic rings. The number of nitrogens with one attached hydrogen (secondary N) is 2. The van der Waals surface area contributed by atoms with Crippen LogP contribution in [0.5, 0.6) is 0 Å². The van der Waals surface area contributed by atoms with Gasteiger partial charge < -0.3 is 10.6 Å². The fourth-order valence-corrected chi connectivity index (χ4v) is 3.17. The summed E-state index contributed by atoms with van der Waals surface area (Å²) in [5.41, 5.74) is 0. The minimum absolute atomic E-state index is 0.821. The molecule has 16 heavy (non-hydrogen) atoms. The van der Waals surface area contributed by atoms with Crippen molar-refractivity contribution in [2.45, 2.75) is 76.3 Å². The number of hydrogen-bond acceptors (Lipinski definition) is 2. The van der Waals surface area contributed by atoms with Crippen LogP contribution < -0.4 is 10.6 Å². The second-order valence-electron chi connectivity index (χ2n) is 5.58. The quantitative estimate of drug-likeness (QED) is 0.702. The molecule has 0 bridgehead atoms. The van der Waals surface area contributed by atoms with Gasteiger partial charge in [-0.3, -0.25) is 0 Å². The molecule has 2 heteroatoms. The lowest BCUT2D eigenvalue weighted by Crippen LogP contribution is -2.40. The van der Waals surface area contributed by atoms with Gasteiger partial charge in [0.05, 0.1) is 0 Å². The van der Waals surface area contributed by atoms with Crippen LogP contribution in [-0.2, 0) is 0 Å². The maximum atomic E-state index is 3.70. The molecule has 2 N–H and O–H groups in total. The van der Waals surface area contributed by atoms with E-state index in [0.29, 0.717) is 0 Å². The third-order valence-electron chi connectivity index (χ3n) is 4.20. The lowest BCUT2D eigenvalue weighted by atomic mass is 9.95. The van der Waals surface area contributed by atoms with Crippen LogP contribution in [0.25, 0.3) is 0 Å². The maximum absolute atomic E-state index is 3.70. The predicted molar refractivity (Wildman–Crippen MR) is 69.8 cm³/mol. The van der Waals surface area contributed by atoms with Crippen LogP contribution >= 0.6 is 0 Å².